The van der Waals surface area contributed by atoms with E-state index in [0.29, 0.717) is 43.5 Å². The van der Waals surface area contributed by atoms with Crippen molar-refractivity contribution in [3.63, 3.8) is 0 Å². The second-order valence-corrected chi connectivity index (χ2v) is 13.3. The van der Waals surface area contributed by atoms with Gasteiger partial charge in [-0.2, -0.15) is 9.97 Å². The summed E-state index contributed by atoms with van der Waals surface area (Å²) in [5.74, 6) is -0.435. The lowest BCUT2D eigenvalue weighted by molar-refractivity contribution is -0.148. The highest BCUT2D eigenvalue weighted by atomic mass is 35.5. The minimum absolute atomic E-state index is 0.00952. The lowest BCUT2D eigenvalue weighted by atomic mass is 10.1. The van der Waals surface area contributed by atoms with Crippen LogP contribution in [0.4, 0.5) is 15.0 Å². The van der Waals surface area contributed by atoms with Crippen LogP contribution in [-0.4, -0.2) is 113 Å². The van der Waals surface area contributed by atoms with Gasteiger partial charge in [0.25, 0.3) is 0 Å². The van der Waals surface area contributed by atoms with Crippen molar-refractivity contribution in [1.29, 1.82) is 0 Å². The lowest BCUT2D eigenvalue weighted by Gasteiger charge is -2.42. The van der Waals surface area contributed by atoms with Crippen LogP contribution in [0.15, 0.2) is 6.20 Å². The number of anilines is 1. The molecule has 4 unspecified atom stereocenters. The van der Waals surface area contributed by atoms with E-state index in [-0.39, 0.29) is 47.4 Å². The highest BCUT2D eigenvalue weighted by Gasteiger charge is 2.45. The van der Waals surface area contributed by atoms with Gasteiger partial charge in [0, 0.05) is 31.4 Å². The van der Waals surface area contributed by atoms with Crippen LogP contribution in [0.3, 0.4) is 0 Å². The molecule has 0 N–H and O–H groups in total. The van der Waals surface area contributed by atoms with E-state index in [4.69, 9.17) is 30.5 Å². The molecule has 2 bridgehead atoms. The van der Waals surface area contributed by atoms with Crippen LogP contribution in [0.1, 0.15) is 66.2 Å². The van der Waals surface area contributed by atoms with Gasteiger partial charge in [-0.3, -0.25) is 9.80 Å². The third kappa shape index (κ3) is 7.69. The molecule has 0 radical (unpaired) electrons. The van der Waals surface area contributed by atoms with Crippen LogP contribution in [0.25, 0.3) is 10.9 Å². The van der Waals surface area contributed by atoms with E-state index in [1.54, 1.807) is 0 Å². The quantitative estimate of drug-likeness (QED) is 0.309. The van der Waals surface area contributed by atoms with Crippen LogP contribution >= 0.6 is 11.6 Å². The number of fused-ring (bicyclic) bond motifs is 4. The van der Waals surface area contributed by atoms with Crippen molar-refractivity contribution in [2.24, 2.45) is 0 Å². The average Bonchev–Trinajstić information content (AvgIpc) is 3.68. The number of carbonyl (C=O) groups excluding carboxylic acids is 2. The topological polar surface area (TPSA) is 119 Å². The molecule has 0 saturated carbocycles. The van der Waals surface area contributed by atoms with Gasteiger partial charge in [0.15, 0.2) is 11.0 Å². The molecule has 12 nitrogen and oxygen atoms in total. The monoisotopic (exact) mass is 650 g/mol. The molecule has 0 aliphatic carbocycles. The standard InChI is InChI=1S/C19H23ClFN5O3.C12H21NO3/c1-19(2,3)29-18(27)26-10-5-6-11(26)9-25(8-10)16-12-7-22-15(20)13(21)14(12)23-17(24-16)28-4;1-2-16-12(14)9-15-8-11-6-5-10-4-3-7-13(10)11/h7,10-11H,5-6,8-9H2,1-4H3;10-11H,2-9H2,1H3. The first-order valence-corrected chi connectivity index (χ1v) is 16.2. The fourth-order valence-electron chi connectivity index (χ4n) is 6.88. The highest BCUT2D eigenvalue weighted by Crippen LogP contribution is 2.37. The molecule has 4 saturated heterocycles. The maximum atomic E-state index is 14.5. The molecule has 1 amide bonds. The van der Waals surface area contributed by atoms with Gasteiger partial charge >= 0.3 is 18.1 Å². The van der Waals surface area contributed by atoms with Crippen LogP contribution < -0.4 is 9.64 Å². The van der Waals surface area contributed by atoms with Gasteiger partial charge in [-0.1, -0.05) is 11.6 Å². The Labute approximate surface area is 268 Å². The van der Waals surface area contributed by atoms with Gasteiger partial charge in [0.2, 0.25) is 0 Å². The third-order valence-corrected chi connectivity index (χ3v) is 8.99. The van der Waals surface area contributed by atoms with Crippen molar-refractivity contribution in [3.8, 4) is 6.01 Å². The summed E-state index contributed by atoms with van der Waals surface area (Å²) < 4.78 is 35.5. The third-order valence-electron chi connectivity index (χ3n) is 8.73. The summed E-state index contributed by atoms with van der Waals surface area (Å²) in [6.45, 7) is 10.9. The number of pyridine rings is 1. The zero-order chi connectivity index (χ0) is 32.3. The predicted molar refractivity (Wildman–Crippen MR) is 166 cm³/mol. The van der Waals surface area contributed by atoms with Gasteiger partial charge in [-0.05, 0) is 72.8 Å². The molecule has 4 atom stereocenters. The number of esters is 1. The molecule has 4 aliphatic rings. The van der Waals surface area contributed by atoms with E-state index in [1.807, 2.05) is 37.5 Å². The maximum absolute atomic E-state index is 14.5. The number of rotatable bonds is 7. The first kappa shape index (κ1) is 33.3. The van der Waals surface area contributed by atoms with E-state index in [2.05, 4.69) is 19.9 Å². The second kappa shape index (κ2) is 14.2. The van der Waals surface area contributed by atoms with E-state index in [9.17, 15) is 14.0 Å². The lowest BCUT2D eigenvalue weighted by Crippen LogP contribution is -2.57. The summed E-state index contributed by atoms with van der Waals surface area (Å²) in [4.78, 5) is 42.6. The van der Waals surface area contributed by atoms with E-state index < -0.39 is 11.4 Å². The van der Waals surface area contributed by atoms with Crippen LogP contribution in [0.5, 0.6) is 6.01 Å². The molecular formula is C31H44ClFN6O6. The molecule has 6 heterocycles. The number of aromatic nitrogens is 3. The van der Waals surface area contributed by atoms with E-state index >= 15 is 0 Å². The van der Waals surface area contributed by atoms with E-state index in [1.165, 1.54) is 45.5 Å². The minimum atomic E-state index is -0.707. The van der Waals surface area contributed by atoms with Crippen molar-refractivity contribution in [3.05, 3.63) is 17.2 Å². The Balaban J connectivity index is 0.000000211. The van der Waals surface area contributed by atoms with Crippen molar-refractivity contribution < 1.29 is 32.9 Å². The fraction of sp³-hybridized carbons (Fsp3) is 0.710. The van der Waals surface area contributed by atoms with Crippen molar-refractivity contribution in [2.75, 3.05) is 51.5 Å². The highest BCUT2D eigenvalue weighted by molar-refractivity contribution is 6.30. The summed E-state index contributed by atoms with van der Waals surface area (Å²) in [7, 11) is 1.43. The smallest absolute Gasteiger partial charge is 0.410 e. The van der Waals surface area contributed by atoms with Crippen molar-refractivity contribution in [2.45, 2.75) is 96.0 Å². The largest absolute Gasteiger partial charge is 0.467 e. The first-order chi connectivity index (χ1) is 21.5. The Bertz CT molecular complexity index is 1360. The first-order valence-electron chi connectivity index (χ1n) is 15.8. The number of halogens is 2. The molecular weight excluding hydrogens is 607 g/mol. The molecule has 2 aromatic heterocycles. The summed E-state index contributed by atoms with van der Waals surface area (Å²) in [5.41, 5.74) is -0.486. The van der Waals surface area contributed by atoms with E-state index in [0.717, 1.165) is 18.9 Å². The number of carbonyl (C=O) groups is 2. The number of piperazine rings is 1. The van der Waals surface area contributed by atoms with Gasteiger partial charge in [0.05, 0.1) is 37.8 Å². The molecule has 0 aromatic carbocycles. The van der Waals surface area contributed by atoms with Crippen LogP contribution in [-0.2, 0) is 19.0 Å². The normalized spacial score (nSPS) is 24.3. The summed E-state index contributed by atoms with van der Waals surface area (Å²) in [5, 5.41) is 0.205. The minimum Gasteiger partial charge on any atom is -0.467 e. The maximum Gasteiger partial charge on any atom is 0.410 e. The number of amides is 1. The zero-order valence-electron chi connectivity index (χ0n) is 26.8. The number of ether oxygens (including phenoxy) is 4. The zero-order valence-corrected chi connectivity index (χ0v) is 27.5. The number of hydrogen-bond acceptors (Lipinski definition) is 11. The summed E-state index contributed by atoms with van der Waals surface area (Å²) in [6, 6.07) is 1.35. The van der Waals surface area contributed by atoms with Gasteiger partial charge < -0.3 is 23.8 Å². The molecule has 0 spiro atoms. The molecule has 248 valence electrons. The average molecular weight is 651 g/mol. The Morgan fingerprint density at radius 3 is 2.44 bits per heavy atom. The van der Waals surface area contributed by atoms with Crippen LogP contribution in [0, 0.1) is 5.82 Å². The summed E-state index contributed by atoms with van der Waals surface area (Å²) in [6.07, 6.45) is 8.10. The predicted octanol–water partition coefficient (Wildman–Crippen LogP) is 4.61. The molecule has 45 heavy (non-hydrogen) atoms. The molecule has 14 heteroatoms. The van der Waals surface area contributed by atoms with Gasteiger partial charge in [0.1, 0.15) is 23.5 Å². The fourth-order valence-corrected chi connectivity index (χ4v) is 7.02. The van der Waals surface area contributed by atoms with Gasteiger partial charge in [-0.25, -0.2) is 19.0 Å². The molecule has 4 aliphatic heterocycles. The van der Waals surface area contributed by atoms with Crippen molar-refractivity contribution in [1.82, 2.24) is 24.8 Å². The number of methoxy groups -OCH3 is 1. The second-order valence-electron chi connectivity index (χ2n) is 12.9. The number of nitrogens with zero attached hydrogens (tertiary/aromatic N) is 6. The van der Waals surface area contributed by atoms with Gasteiger partial charge in [-0.15, -0.1) is 0 Å². The Kier molecular flexibility index (Phi) is 10.5. The number of hydrogen-bond donors (Lipinski definition) is 0. The van der Waals surface area contributed by atoms with Crippen LogP contribution in [0.2, 0.25) is 5.15 Å². The summed E-state index contributed by atoms with van der Waals surface area (Å²) >= 11 is 5.83. The molecule has 6 rings (SSSR count). The Morgan fingerprint density at radius 1 is 1.07 bits per heavy atom. The molecule has 4 fully saturated rings. The Morgan fingerprint density at radius 2 is 1.78 bits per heavy atom. The molecule has 2 aromatic rings. The SMILES string of the molecule is CCOC(=O)COCC1CCC2CCCN21.COc1nc(N2CC3CCC(C2)N3C(=O)OC(C)(C)C)c2cnc(Cl)c(F)c2n1. The van der Waals surface area contributed by atoms with Crippen molar-refractivity contribution >= 4 is 40.4 Å². The Hall–Kier alpha value is -3.03.